The summed E-state index contributed by atoms with van der Waals surface area (Å²) in [6, 6.07) is 3.94. The van der Waals surface area contributed by atoms with Crippen LogP contribution in [0, 0.1) is 0 Å². The molecule has 0 radical (unpaired) electrons. The number of aromatic nitrogens is 4. The van der Waals surface area contributed by atoms with Crippen LogP contribution in [0.2, 0.25) is 0 Å². The lowest BCUT2D eigenvalue weighted by molar-refractivity contribution is 0.0698. The summed E-state index contributed by atoms with van der Waals surface area (Å²) in [4.78, 5) is 22.7. The zero-order chi connectivity index (χ0) is 14.5. The Kier molecular flexibility index (Phi) is 4.25. The fourth-order valence-corrected chi connectivity index (χ4v) is 1.75. The lowest BCUT2D eigenvalue weighted by atomic mass is 10.2. The number of aromatic amines is 1. The highest BCUT2D eigenvalue weighted by molar-refractivity contribution is 9.10. The highest BCUT2D eigenvalue weighted by Crippen LogP contribution is 2.21. The number of urea groups is 1. The molecule has 20 heavy (non-hydrogen) atoms. The summed E-state index contributed by atoms with van der Waals surface area (Å²) < 4.78 is 0.604. The fourth-order valence-electron chi connectivity index (χ4n) is 1.39. The van der Waals surface area contributed by atoms with Crippen molar-refractivity contribution in [3.05, 3.63) is 34.1 Å². The summed E-state index contributed by atoms with van der Waals surface area (Å²) in [5, 5.41) is 26.9. The molecule has 0 bridgehead atoms. The van der Waals surface area contributed by atoms with Gasteiger partial charge in [-0.2, -0.15) is 5.21 Å². The van der Waals surface area contributed by atoms with Crippen LogP contribution in [0.15, 0.2) is 22.7 Å². The number of tetrazole rings is 1. The first-order chi connectivity index (χ1) is 9.56. The minimum absolute atomic E-state index is 0.0194. The molecule has 0 unspecified atom stereocenters. The van der Waals surface area contributed by atoms with Crippen molar-refractivity contribution < 1.29 is 14.7 Å². The number of amides is 2. The standard InChI is InChI=1S/C10H9BrN6O3/c11-5-1-2-7(6(3-5)9(18)19)13-10(20)12-4-8-14-16-17-15-8/h1-3H,4H2,(H,18,19)(H2,12,13,20)(H,14,15,16,17). The van der Waals surface area contributed by atoms with Crippen molar-refractivity contribution in [2.45, 2.75) is 6.54 Å². The van der Waals surface area contributed by atoms with Gasteiger partial charge < -0.3 is 15.7 Å². The molecule has 10 heteroatoms. The van der Waals surface area contributed by atoms with E-state index in [4.69, 9.17) is 5.11 Å². The predicted octanol–water partition coefficient (Wildman–Crippen LogP) is 0.982. The molecule has 0 aliphatic carbocycles. The summed E-state index contributed by atoms with van der Waals surface area (Å²) >= 11 is 3.17. The zero-order valence-electron chi connectivity index (χ0n) is 9.92. The molecule has 0 saturated carbocycles. The zero-order valence-corrected chi connectivity index (χ0v) is 11.5. The van der Waals surface area contributed by atoms with E-state index in [1.54, 1.807) is 6.07 Å². The van der Waals surface area contributed by atoms with Crippen LogP contribution in [0.3, 0.4) is 0 Å². The van der Waals surface area contributed by atoms with Crippen LogP contribution in [0.1, 0.15) is 16.2 Å². The number of carboxylic acids is 1. The van der Waals surface area contributed by atoms with Gasteiger partial charge in [-0.05, 0) is 18.2 Å². The van der Waals surface area contributed by atoms with E-state index in [-0.39, 0.29) is 17.8 Å². The Morgan fingerprint density at radius 2 is 2.20 bits per heavy atom. The number of halogens is 1. The summed E-state index contributed by atoms with van der Waals surface area (Å²) in [6.07, 6.45) is 0. The topological polar surface area (TPSA) is 133 Å². The van der Waals surface area contributed by atoms with E-state index in [9.17, 15) is 9.59 Å². The SMILES string of the molecule is O=C(NCc1nn[nH]n1)Nc1ccc(Br)cc1C(=O)O. The first-order valence-corrected chi connectivity index (χ1v) is 6.15. The van der Waals surface area contributed by atoms with Gasteiger partial charge in [-0.25, -0.2) is 9.59 Å². The molecule has 2 amide bonds. The lowest BCUT2D eigenvalue weighted by Crippen LogP contribution is -2.29. The quantitative estimate of drug-likeness (QED) is 0.655. The molecule has 1 aromatic carbocycles. The summed E-state index contributed by atoms with van der Waals surface area (Å²) in [7, 11) is 0. The number of rotatable bonds is 4. The lowest BCUT2D eigenvalue weighted by Gasteiger charge is -2.09. The highest BCUT2D eigenvalue weighted by Gasteiger charge is 2.13. The minimum Gasteiger partial charge on any atom is -0.478 e. The Labute approximate surface area is 120 Å². The van der Waals surface area contributed by atoms with Gasteiger partial charge in [0.05, 0.1) is 17.8 Å². The number of hydrogen-bond donors (Lipinski definition) is 4. The first kappa shape index (κ1) is 13.9. The molecule has 4 N–H and O–H groups in total. The van der Waals surface area contributed by atoms with Gasteiger partial charge in [-0.15, -0.1) is 10.2 Å². The third-order valence-electron chi connectivity index (χ3n) is 2.26. The second-order valence-electron chi connectivity index (χ2n) is 3.63. The van der Waals surface area contributed by atoms with E-state index in [0.29, 0.717) is 10.3 Å². The van der Waals surface area contributed by atoms with Crippen molar-refractivity contribution in [1.29, 1.82) is 0 Å². The normalized spacial score (nSPS) is 10.1. The second kappa shape index (κ2) is 6.10. The number of anilines is 1. The van der Waals surface area contributed by atoms with E-state index in [1.807, 2.05) is 0 Å². The molecule has 104 valence electrons. The van der Waals surface area contributed by atoms with Crippen molar-refractivity contribution in [2.75, 3.05) is 5.32 Å². The molecule has 0 spiro atoms. The number of nitrogens with zero attached hydrogens (tertiary/aromatic N) is 3. The third-order valence-corrected chi connectivity index (χ3v) is 2.75. The van der Waals surface area contributed by atoms with E-state index in [2.05, 4.69) is 47.2 Å². The minimum atomic E-state index is -1.14. The maximum Gasteiger partial charge on any atom is 0.337 e. The van der Waals surface area contributed by atoms with Crippen molar-refractivity contribution in [1.82, 2.24) is 25.9 Å². The molecule has 2 rings (SSSR count). The average Bonchev–Trinajstić information content (AvgIpc) is 2.91. The van der Waals surface area contributed by atoms with Crippen LogP contribution in [-0.2, 0) is 6.54 Å². The largest absolute Gasteiger partial charge is 0.478 e. The summed E-state index contributed by atoms with van der Waals surface area (Å²) in [5.74, 6) is -0.825. The molecule has 0 fully saturated rings. The van der Waals surface area contributed by atoms with E-state index >= 15 is 0 Å². The van der Waals surface area contributed by atoms with Gasteiger partial charge in [0.15, 0.2) is 5.82 Å². The number of carbonyl (C=O) groups excluding carboxylic acids is 1. The second-order valence-corrected chi connectivity index (χ2v) is 4.55. The number of aromatic carboxylic acids is 1. The van der Waals surface area contributed by atoms with Crippen molar-refractivity contribution in [3.8, 4) is 0 Å². The molecule has 0 saturated heterocycles. The fraction of sp³-hybridized carbons (Fsp3) is 0.100. The Morgan fingerprint density at radius 1 is 1.40 bits per heavy atom. The van der Waals surface area contributed by atoms with Crippen LogP contribution in [-0.4, -0.2) is 37.7 Å². The van der Waals surface area contributed by atoms with E-state index < -0.39 is 12.0 Å². The van der Waals surface area contributed by atoms with Crippen molar-refractivity contribution in [2.24, 2.45) is 0 Å². The first-order valence-electron chi connectivity index (χ1n) is 5.36. The van der Waals surface area contributed by atoms with Gasteiger partial charge in [0.1, 0.15) is 0 Å². The number of benzene rings is 1. The molecular formula is C10H9BrN6O3. The van der Waals surface area contributed by atoms with Gasteiger partial charge in [-0.1, -0.05) is 21.1 Å². The van der Waals surface area contributed by atoms with Gasteiger partial charge in [0.2, 0.25) is 0 Å². The number of carboxylic acid groups (broad SMARTS) is 1. The van der Waals surface area contributed by atoms with Crippen LogP contribution >= 0.6 is 15.9 Å². The smallest absolute Gasteiger partial charge is 0.337 e. The molecule has 9 nitrogen and oxygen atoms in total. The molecular weight excluding hydrogens is 332 g/mol. The Morgan fingerprint density at radius 3 is 2.85 bits per heavy atom. The monoisotopic (exact) mass is 340 g/mol. The van der Waals surface area contributed by atoms with Crippen LogP contribution in [0.5, 0.6) is 0 Å². The maximum atomic E-state index is 11.7. The van der Waals surface area contributed by atoms with Crippen LogP contribution < -0.4 is 10.6 Å². The maximum absolute atomic E-state index is 11.7. The van der Waals surface area contributed by atoms with Gasteiger partial charge in [0.25, 0.3) is 0 Å². The number of nitrogens with one attached hydrogen (secondary N) is 3. The summed E-state index contributed by atoms with van der Waals surface area (Å²) in [5.41, 5.74) is 0.167. The Bertz CT molecular complexity index is 630. The van der Waals surface area contributed by atoms with E-state index in [0.717, 1.165) is 0 Å². The van der Waals surface area contributed by atoms with Gasteiger partial charge >= 0.3 is 12.0 Å². The number of carbonyl (C=O) groups is 2. The Balaban J connectivity index is 2.02. The molecule has 1 heterocycles. The average molecular weight is 341 g/mol. The van der Waals surface area contributed by atoms with E-state index in [1.165, 1.54) is 12.1 Å². The predicted molar refractivity (Wildman–Crippen MR) is 71.1 cm³/mol. The third kappa shape index (κ3) is 3.51. The van der Waals surface area contributed by atoms with Crippen molar-refractivity contribution in [3.63, 3.8) is 0 Å². The highest BCUT2D eigenvalue weighted by atomic mass is 79.9. The number of H-pyrrole nitrogens is 1. The van der Waals surface area contributed by atoms with Crippen LogP contribution in [0.4, 0.5) is 10.5 Å². The number of hydrogen-bond acceptors (Lipinski definition) is 5. The Hall–Kier alpha value is -2.49. The van der Waals surface area contributed by atoms with Crippen LogP contribution in [0.25, 0.3) is 0 Å². The van der Waals surface area contributed by atoms with Crippen molar-refractivity contribution >= 4 is 33.6 Å². The molecule has 0 aliphatic rings. The molecule has 1 aromatic heterocycles. The summed E-state index contributed by atoms with van der Waals surface area (Å²) in [6.45, 7) is 0.0707. The van der Waals surface area contributed by atoms with Gasteiger partial charge in [0, 0.05) is 4.47 Å². The van der Waals surface area contributed by atoms with Gasteiger partial charge in [-0.3, -0.25) is 0 Å². The molecule has 0 atom stereocenters. The molecule has 2 aromatic rings. The molecule has 0 aliphatic heterocycles.